The molecule has 0 bridgehead atoms. The number of fused-ring (bicyclic) bond motifs is 1. The second-order valence-corrected chi connectivity index (χ2v) is 11.8. The maximum Gasteiger partial charge on any atom is 0.412 e. The molecule has 2 aromatic heterocycles. The average Bonchev–Trinajstić information content (AvgIpc) is 3.23. The summed E-state index contributed by atoms with van der Waals surface area (Å²) in [7, 11) is -4.02. The Labute approximate surface area is 218 Å². The first kappa shape index (κ1) is 25.9. The third-order valence-electron chi connectivity index (χ3n) is 4.68. The van der Waals surface area contributed by atoms with Gasteiger partial charge in [0, 0.05) is 29.1 Å². The van der Waals surface area contributed by atoms with Crippen LogP contribution >= 0.6 is 23.4 Å². The molecule has 36 heavy (non-hydrogen) atoms. The van der Waals surface area contributed by atoms with Gasteiger partial charge in [0.2, 0.25) is 5.09 Å². The summed E-state index contributed by atoms with van der Waals surface area (Å²) in [5.41, 5.74) is 1.56. The summed E-state index contributed by atoms with van der Waals surface area (Å²) in [6.07, 6.45) is 0.901. The van der Waals surface area contributed by atoms with Crippen molar-refractivity contribution in [2.45, 2.75) is 42.2 Å². The van der Waals surface area contributed by atoms with Gasteiger partial charge < -0.3 is 9.15 Å². The number of rotatable bonds is 7. The van der Waals surface area contributed by atoms with Crippen molar-refractivity contribution in [3.8, 4) is 0 Å². The highest BCUT2D eigenvalue weighted by Gasteiger charge is 2.22. The van der Waals surface area contributed by atoms with Gasteiger partial charge in [0.1, 0.15) is 16.2 Å². The van der Waals surface area contributed by atoms with Crippen LogP contribution in [-0.2, 0) is 20.5 Å². The number of anilines is 2. The topological polar surface area (TPSA) is 111 Å². The van der Waals surface area contributed by atoms with E-state index in [1.54, 1.807) is 51.1 Å². The summed E-state index contributed by atoms with van der Waals surface area (Å²) < 4.78 is 39.4. The van der Waals surface area contributed by atoms with E-state index in [1.807, 2.05) is 18.2 Å². The van der Waals surface area contributed by atoms with Crippen molar-refractivity contribution in [1.82, 2.24) is 4.98 Å². The fourth-order valence-electron chi connectivity index (χ4n) is 3.21. The highest BCUT2D eigenvalue weighted by molar-refractivity contribution is 7.98. The molecule has 1 amide bonds. The molecule has 2 heterocycles. The van der Waals surface area contributed by atoms with Crippen LogP contribution in [0, 0.1) is 0 Å². The van der Waals surface area contributed by atoms with Gasteiger partial charge in [0.25, 0.3) is 10.0 Å². The Morgan fingerprint density at radius 2 is 1.89 bits per heavy atom. The van der Waals surface area contributed by atoms with Crippen molar-refractivity contribution < 1.29 is 22.4 Å². The molecule has 0 radical (unpaired) electrons. The quantitative estimate of drug-likeness (QED) is 0.242. The number of furan rings is 1. The van der Waals surface area contributed by atoms with E-state index in [4.69, 9.17) is 20.8 Å². The molecule has 0 aliphatic carbocycles. The van der Waals surface area contributed by atoms with Crippen molar-refractivity contribution in [2.24, 2.45) is 0 Å². The molecule has 0 fully saturated rings. The molecule has 2 aromatic carbocycles. The van der Waals surface area contributed by atoms with Gasteiger partial charge >= 0.3 is 6.09 Å². The first-order chi connectivity index (χ1) is 17.0. The molecule has 0 spiro atoms. The molecule has 0 aliphatic heterocycles. The molecule has 0 saturated heterocycles. The van der Waals surface area contributed by atoms with Crippen LogP contribution in [0.4, 0.5) is 16.2 Å². The van der Waals surface area contributed by atoms with Gasteiger partial charge in [-0.1, -0.05) is 53.7 Å². The number of pyridine rings is 1. The van der Waals surface area contributed by atoms with E-state index in [2.05, 4.69) is 15.0 Å². The molecule has 188 valence electrons. The van der Waals surface area contributed by atoms with Gasteiger partial charge in [-0.25, -0.2) is 9.78 Å². The van der Waals surface area contributed by atoms with Crippen LogP contribution in [0.15, 0.2) is 81.4 Å². The number of carbonyl (C=O) groups excluding carboxylic acids is 1. The molecule has 8 nitrogen and oxygen atoms in total. The smallest absolute Gasteiger partial charge is 0.412 e. The highest BCUT2D eigenvalue weighted by Crippen LogP contribution is 2.33. The Morgan fingerprint density at radius 3 is 2.64 bits per heavy atom. The lowest BCUT2D eigenvalue weighted by atomic mass is 10.2. The minimum absolute atomic E-state index is 0.208. The van der Waals surface area contributed by atoms with E-state index in [0.717, 1.165) is 5.56 Å². The van der Waals surface area contributed by atoms with Crippen LogP contribution in [0.3, 0.4) is 0 Å². The highest BCUT2D eigenvalue weighted by atomic mass is 35.5. The van der Waals surface area contributed by atoms with E-state index in [-0.39, 0.29) is 15.8 Å². The zero-order valence-corrected chi connectivity index (χ0v) is 22.1. The number of benzene rings is 2. The van der Waals surface area contributed by atoms with Gasteiger partial charge in [0.05, 0.1) is 10.7 Å². The lowest BCUT2D eigenvalue weighted by Crippen LogP contribution is -2.27. The van der Waals surface area contributed by atoms with E-state index >= 15 is 0 Å². The Morgan fingerprint density at radius 1 is 1.11 bits per heavy atom. The summed E-state index contributed by atoms with van der Waals surface area (Å²) in [6, 6.07) is 17.3. The minimum Gasteiger partial charge on any atom is -0.444 e. The second kappa shape index (κ2) is 10.4. The molecule has 4 rings (SSSR count). The molecular formula is C25H24ClN3O5S2. The van der Waals surface area contributed by atoms with Gasteiger partial charge in [0.15, 0.2) is 0 Å². The van der Waals surface area contributed by atoms with Crippen molar-refractivity contribution in [1.29, 1.82) is 0 Å². The fourth-order valence-corrected chi connectivity index (χ4v) is 5.34. The van der Waals surface area contributed by atoms with Crippen molar-refractivity contribution in [3.05, 3.63) is 77.4 Å². The maximum absolute atomic E-state index is 13.0. The van der Waals surface area contributed by atoms with Crippen LogP contribution in [0.1, 0.15) is 26.3 Å². The van der Waals surface area contributed by atoms with Crippen molar-refractivity contribution in [2.75, 3.05) is 10.0 Å². The van der Waals surface area contributed by atoms with Crippen molar-refractivity contribution in [3.63, 3.8) is 0 Å². The van der Waals surface area contributed by atoms with Crippen molar-refractivity contribution >= 4 is 61.8 Å². The van der Waals surface area contributed by atoms with E-state index in [1.165, 1.54) is 30.1 Å². The summed E-state index contributed by atoms with van der Waals surface area (Å²) >= 11 is 7.42. The predicted octanol–water partition coefficient (Wildman–Crippen LogP) is 6.92. The van der Waals surface area contributed by atoms with Gasteiger partial charge in [-0.15, -0.1) is 0 Å². The van der Waals surface area contributed by atoms with Gasteiger partial charge in [-0.05, 0) is 50.6 Å². The number of nitrogens with zero attached hydrogens (tertiary/aromatic N) is 1. The SMILES string of the molecule is CC(C)(C)OC(=O)Nc1cccc(CSc2ncc(Cl)cc2NS(=O)(=O)c2cc3ccccc3o2)c1. The van der Waals surface area contributed by atoms with E-state index in [0.29, 0.717) is 27.4 Å². The van der Waals surface area contributed by atoms with Gasteiger partial charge in [-0.2, -0.15) is 8.42 Å². The standard InChI is InChI=1S/C25H24ClN3O5S2/c1-25(2,3)34-24(30)28-19-9-6-7-16(11-19)15-35-23-20(13-18(26)14-27-23)29-36(31,32)22-12-17-8-4-5-10-21(17)33-22/h4-14,29H,15H2,1-3H3,(H,28,30). The van der Waals surface area contributed by atoms with Crippen LogP contribution in [0.5, 0.6) is 0 Å². The first-order valence-electron chi connectivity index (χ1n) is 10.9. The normalized spacial score (nSPS) is 11.9. The number of nitrogens with one attached hydrogen (secondary N) is 2. The number of carbonyl (C=O) groups is 1. The molecule has 0 atom stereocenters. The summed E-state index contributed by atoms with van der Waals surface area (Å²) in [5, 5.41) is 3.90. The number of hydrogen-bond donors (Lipinski definition) is 2. The lowest BCUT2D eigenvalue weighted by Gasteiger charge is -2.19. The number of thioether (sulfide) groups is 1. The maximum atomic E-state index is 13.0. The number of amides is 1. The monoisotopic (exact) mass is 545 g/mol. The number of ether oxygens (including phenoxy) is 1. The summed E-state index contributed by atoms with van der Waals surface area (Å²) in [5.74, 6) is 0.456. The molecule has 2 N–H and O–H groups in total. The molecule has 0 aliphatic rings. The molecule has 0 unspecified atom stereocenters. The van der Waals surface area contributed by atoms with E-state index < -0.39 is 21.7 Å². The fraction of sp³-hybridized carbons (Fsp3) is 0.200. The number of para-hydroxylation sites is 1. The largest absolute Gasteiger partial charge is 0.444 e. The number of hydrogen-bond acceptors (Lipinski definition) is 7. The number of halogens is 1. The molecular weight excluding hydrogens is 522 g/mol. The van der Waals surface area contributed by atoms with Crippen LogP contribution in [0.2, 0.25) is 5.02 Å². The third kappa shape index (κ3) is 6.71. The summed E-state index contributed by atoms with van der Waals surface area (Å²) in [4.78, 5) is 16.4. The third-order valence-corrected chi connectivity index (χ3v) is 7.18. The van der Waals surface area contributed by atoms with E-state index in [9.17, 15) is 13.2 Å². The molecule has 4 aromatic rings. The summed E-state index contributed by atoms with van der Waals surface area (Å²) in [6.45, 7) is 5.37. The zero-order valence-electron chi connectivity index (χ0n) is 19.7. The number of aromatic nitrogens is 1. The number of sulfonamides is 1. The molecule has 11 heteroatoms. The Kier molecular flexibility index (Phi) is 7.49. The average molecular weight is 546 g/mol. The Hall–Kier alpha value is -3.21. The van der Waals surface area contributed by atoms with Crippen LogP contribution in [0.25, 0.3) is 11.0 Å². The second-order valence-electron chi connectivity index (χ2n) is 8.83. The van der Waals surface area contributed by atoms with Gasteiger partial charge in [-0.3, -0.25) is 10.0 Å². The Balaban J connectivity index is 1.49. The minimum atomic E-state index is -4.02. The predicted molar refractivity (Wildman–Crippen MR) is 142 cm³/mol. The first-order valence-corrected chi connectivity index (χ1v) is 13.7. The van der Waals surface area contributed by atoms with Crippen LogP contribution < -0.4 is 10.0 Å². The van der Waals surface area contributed by atoms with Crippen LogP contribution in [-0.4, -0.2) is 25.1 Å². The zero-order chi connectivity index (χ0) is 25.9. The molecule has 0 saturated carbocycles. The Bertz CT molecular complexity index is 1480. The lowest BCUT2D eigenvalue weighted by molar-refractivity contribution is 0.0636.